The van der Waals surface area contributed by atoms with E-state index in [4.69, 9.17) is 9.84 Å². The number of aryl methyl sites for hydroxylation is 1. The number of cyclic esters (lactones) is 1. The molecular formula is C19H20N2O2. The summed E-state index contributed by atoms with van der Waals surface area (Å²) in [4.78, 5) is 12.2. The molecule has 1 aromatic heterocycles. The molecule has 0 bridgehead atoms. The lowest BCUT2D eigenvalue weighted by molar-refractivity contribution is -0.136. The maximum atomic E-state index is 12.2. The second-order valence-electron chi connectivity index (χ2n) is 6.30. The van der Waals surface area contributed by atoms with Crippen molar-refractivity contribution in [3.05, 3.63) is 58.4 Å². The smallest absolute Gasteiger partial charge is 0.335 e. The second-order valence-corrected chi connectivity index (χ2v) is 6.30. The minimum atomic E-state index is -0.129. The first-order valence-corrected chi connectivity index (χ1v) is 8.23. The summed E-state index contributed by atoms with van der Waals surface area (Å²) in [6.45, 7) is 4.64. The van der Waals surface area contributed by atoms with Gasteiger partial charge in [-0.3, -0.25) is 0 Å². The van der Waals surface area contributed by atoms with Gasteiger partial charge in [-0.2, -0.15) is 5.10 Å². The van der Waals surface area contributed by atoms with Gasteiger partial charge >= 0.3 is 5.97 Å². The van der Waals surface area contributed by atoms with E-state index in [-0.39, 0.29) is 11.9 Å². The minimum absolute atomic E-state index is 0.129. The van der Waals surface area contributed by atoms with E-state index in [0.29, 0.717) is 6.61 Å². The van der Waals surface area contributed by atoms with Crippen molar-refractivity contribution in [2.24, 2.45) is 0 Å². The van der Waals surface area contributed by atoms with Gasteiger partial charge < -0.3 is 4.74 Å². The van der Waals surface area contributed by atoms with Crippen molar-refractivity contribution < 1.29 is 9.53 Å². The van der Waals surface area contributed by atoms with E-state index in [1.54, 1.807) is 0 Å². The van der Waals surface area contributed by atoms with Crippen molar-refractivity contribution in [2.45, 2.75) is 39.0 Å². The van der Waals surface area contributed by atoms with Crippen molar-refractivity contribution in [2.75, 3.05) is 6.61 Å². The van der Waals surface area contributed by atoms with Crippen LogP contribution in [0, 0.1) is 6.92 Å². The summed E-state index contributed by atoms with van der Waals surface area (Å²) in [5, 5.41) is 4.79. The Hall–Kier alpha value is -2.36. The Labute approximate surface area is 135 Å². The van der Waals surface area contributed by atoms with E-state index < -0.39 is 0 Å². The highest BCUT2D eigenvalue weighted by molar-refractivity contribution is 5.94. The predicted molar refractivity (Wildman–Crippen MR) is 87.6 cm³/mol. The molecule has 2 aliphatic rings. The van der Waals surface area contributed by atoms with Gasteiger partial charge in [-0.15, -0.1) is 0 Å². The highest BCUT2D eigenvalue weighted by Crippen LogP contribution is 2.44. The summed E-state index contributed by atoms with van der Waals surface area (Å²) < 4.78 is 7.36. The van der Waals surface area contributed by atoms with Gasteiger partial charge in [0, 0.05) is 23.5 Å². The van der Waals surface area contributed by atoms with Crippen LogP contribution in [0.3, 0.4) is 0 Å². The van der Waals surface area contributed by atoms with Crippen LogP contribution in [-0.4, -0.2) is 22.4 Å². The Morgan fingerprint density at radius 2 is 2.09 bits per heavy atom. The lowest BCUT2D eigenvalue weighted by atomic mass is 9.78. The molecule has 2 heterocycles. The van der Waals surface area contributed by atoms with Gasteiger partial charge in [0.2, 0.25) is 0 Å². The fraction of sp³-hybridized carbons (Fsp3) is 0.368. The number of aromatic nitrogens is 2. The van der Waals surface area contributed by atoms with Gasteiger partial charge in [0.1, 0.15) is 6.61 Å². The first-order chi connectivity index (χ1) is 11.2. The Morgan fingerprint density at radius 3 is 2.83 bits per heavy atom. The number of fused-ring (bicyclic) bond motifs is 1. The molecule has 4 rings (SSSR count). The van der Waals surface area contributed by atoms with E-state index in [0.717, 1.165) is 41.8 Å². The Bertz CT molecular complexity index is 802. The molecule has 0 spiro atoms. The van der Waals surface area contributed by atoms with Gasteiger partial charge in [0.25, 0.3) is 0 Å². The fourth-order valence-electron chi connectivity index (χ4n) is 3.90. The number of hydrogen-bond donors (Lipinski definition) is 0. The van der Waals surface area contributed by atoms with Gasteiger partial charge in [0.05, 0.1) is 17.1 Å². The van der Waals surface area contributed by atoms with Crippen LogP contribution in [0.4, 0.5) is 0 Å². The van der Waals surface area contributed by atoms with Crippen molar-refractivity contribution >= 4 is 5.97 Å². The number of esters is 1. The largest absolute Gasteiger partial charge is 0.458 e. The third-order valence-corrected chi connectivity index (χ3v) is 4.84. The van der Waals surface area contributed by atoms with Crippen LogP contribution in [0.1, 0.15) is 42.6 Å². The Morgan fingerprint density at radius 1 is 1.30 bits per heavy atom. The lowest BCUT2D eigenvalue weighted by Crippen LogP contribution is -2.18. The van der Waals surface area contributed by atoms with E-state index in [1.165, 1.54) is 11.3 Å². The summed E-state index contributed by atoms with van der Waals surface area (Å²) in [7, 11) is 0. The van der Waals surface area contributed by atoms with Crippen molar-refractivity contribution in [3.8, 4) is 5.69 Å². The summed E-state index contributed by atoms with van der Waals surface area (Å²) in [6.07, 6.45) is 2.75. The number of ether oxygens (including phenoxy) is 1. The van der Waals surface area contributed by atoms with Gasteiger partial charge in [-0.25, -0.2) is 9.48 Å². The number of benzene rings is 1. The van der Waals surface area contributed by atoms with Crippen molar-refractivity contribution in [3.63, 3.8) is 0 Å². The van der Waals surface area contributed by atoms with Gasteiger partial charge in [0.15, 0.2) is 0 Å². The van der Waals surface area contributed by atoms with Crippen LogP contribution in [-0.2, 0) is 16.0 Å². The van der Waals surface area contributed by atoms with Crippen molar-refractivity contribution in [1.82, 2.24) is 9.78 Å². The van der Waals surface area contributed by atoms with Crippen LogP contribution >= 0.6 is 0 Å². The summed E-state index contributed by atoms with van der Waals surface area (Å²) in [5.74, 6) is 0.00201. The molecule has 0 fully saturated rings. The molecule has 1 aromatic carbocycles. The molecule has 1 aliphatic heterocycles. The molecule has 0 saturated heterocycles. The van der Waals surface area contributed by atoms with Crippen LogP contribution in [0.25, 0.3) is 5.69 Å². The third kappa shape index (κ3) is 2.12. The van der Waals surface area contributed by atoms with Crippen molar-refractivity contribution in [1.29, 1.82) is 0 Å². The van der Waals surface area contributed by atoms with E-state index in [1.807, 2.05) is 29.8 Å². The Kier molecular flexibility index (Phi) is 3.33. The zero-order chi connectivity index (χ0) is 16.0. The number of para-hydroxylation sites is 1. The quantitative estimate of drug-likeness (QED) is 0.816. The number of carbonyl (C=O) groups is 1. The molecule has 2 aromatic rings. The van der Waals surface area contributed by atoms with E-state index in [9.17, 15) is 4.79 Å². The standard InChI is InChI=1S/C19H20N2O2/c1-3-7-15-17-12(2)20-21(14-8-5-4-6-9-14)16(17)10-13-11-23-19(22)18(13)15/h4-6,8-9,15H,3,7,10-11H2,1-2H3. The predicted octanol–water partition coefficient (Wildman–Crippen LogP) is 3.47. The van der Waals surface area contributed by atoms with E-state index in [2.05, 4.69) is 19.1 Å². The fourth-order valence-corrected chi connectivity index (χ4v) is 3.90. The molecule has 4 nitrogen and oxygen atoms in total. The monoisotopic (exact) mass is 308 g/mol. The molecule has 23 heavy (non-hydrogen) atoms. The highest BCUT2D eigenvalue weighted by atomic mass is 16.5. The zero-order valence-electron chi connectivity index (χ0n) is 13.5. The number of hydrogen-bond acceptors (Lipinski definition) is 3. The topological polar surface area (TPSA) is 44.1 Å². The molecule has 0 radical (unpaired) electrons. The average molecular weight is 308 g/mol. The van der Waals surface area contributed by atoms with Crippen LogP contribution in [0.15, 0.2) is 41.5 Å². The lowest BCUT2D eigenvalue weighted by Gasteiger charge is -2.24. The molecule has 0 amide bonds. The van der Waals surface area contributed by atoms with Gasteiger partial charge in [-0.05, 0) is 31.1 Å². The number of nitrogens with zero attached hydrogens (tertiary/aromatic N) is 2. The normalized spacial score (nSPS) is 19.6. The maximum absolute atomic E-state index is 12.2. The Balaban J connectivity index is 1.89. The first kappa shape index (κ1) is 14.2. The van der Waals surface area contributed by atoms with Crippen LogP contribution in [0.5, 0.6) is 0 Å². The summed E-state index contributed by atoms with van der Waals surface area (Å²) >= 11 is 0. The number of rotatable bonds is 3. The highest BCUT2D eigenvalue weighted by Gasteiger charge is 2.39. The molecule has 1 unspecified atom stereocenters. The SMILES string of the molecule is CCCC1C2=C(COC2=O)Cc2c1c(C)nn2-c1ccccc1. The molecular weight excluding hydrogens is 288 g/mol. The van der Waals surface area contributed by atoms with Crippen LogP contribution in [0.2, 0.25) is 0 Å². The number of carbonyl (C=O) groups excluding carboxylic acids is 1. The zero-order valence-corrected chi connectivity index (χ0v) is 13.5. The molecule has 1 aliphatic carbocycles. The summed E-state index contributed by atoms with van der Waals surface area (Å²) in [6, 6.07) is 10.2. The first-order valence-electron chi connectivity index (χ1n) is 8.23. The van der Waals surface area contributed by atoms with E-state index >= 15 is 0 Å². The maximum Gasteiger partial charge on any atom is 0.335 e. The molecule has 118 valence electrons. The second kappa shape index (κ2) is 5.37. The minimum Gasteiger partial charge on any atom is -0.458 e. The molecule has 0 N–H and O–H groups in total. The summed E-state index contributed by atoms with van der Waals surface area (Å²) in [5.41, 5.74) is 6.57. The van der Waals surface area contributed by atoms with Gasteiger partial charge in [-0.1, -0.05) is 31.5 Å². The third-order valence-electron chi connectivity index (χ3n) is 4.84. The van der Waals surface area contributed by atoms with Crippen LogP contribution < -0.4 is 0 Å². The molecule has 0 saturated carbocycles. The molecule has 1 atom stereocenters. The molecule has 4 heteroatoms. The average Bonchev–Trinajstić information content (AvgIpc) is 3.10.